The molecule has 4 nitrogen and oxygen atoms in total. The summed E-state index contributed by atoms with van der Waals surface area (Å²) in [6, 6.07) is 7.47. The zero-order valence-electron chi connectivity index (χ0n) is 12.7. The average Bonchev–Trinajstić information content (AvgIpc) is 3.01. The van der Waals surface area contributed by atoms with Crippen LogP contribution < -0.4 is 14.2 Å². The van der Waals surface area contributed by atoms with E-state index in [0.717, 1.165) is 11.3 Å². The van der Waals surface area contributed by atoms with Gasteiger partial charge in [0, 0.05) is 21.4 Å². The molecular weight excluding hydrogens is 288 g/mol. The van der Waals surface area contributed by atoms with E-state index < -0.39 is 6.10 Å². The van der Waals surface area contributed by atoms with Crippen molar-refractivity contribution >= 4 is 11.3 Å². The maximum Gasteiger partial charge on any atom is 0.164 e. The van der Waals surface area contributed by atoms with E-state index in [-0.39, 0.29) is 0 Å². The maximum absolute atomic E-state index is 10.6. The summed E-state index contributed by atoms with van der Waals surface area (Å²) in [5.41, 5.74) is 0.666. The Labute approximate surface area is 128 Å². The Morgan fingerprint density at radius 1 is 1.00 bits per heavy atom. The Hall–Kier alpha value is -1.72. The van der Waals surface area contributed by atoms with Gasteiger partial charge in [-0.15, -0.1) is 11.3 Å². The highest BCUT2D eigenvalue weighted by Crippen LogP contribution is 2.40. The van der Waals surface area contributed by atoms with Crippen LogP contribution >= 0.6 is 11.3 Å². The van der Waals surface area contributed by atoms with Crippen molar-refractivity contribution in [2.75, 3.05) is 21.3 Å². The molecule has 0 aliphatic rings. The van der Waals surface area contributed by atoms with Crippen molar-refractivity contribution in [3.63, 3.8) is 0 Å². The summed E-state index contributed by atoms with van der Waals surface area (Å²) in [4.78, 5) is 2.13. The number of thiophene rings is 1. The molecule has 114 valence electrons. The first-order chi connectivity index (χ1) is 10.1. The molecule has 1 aromatic carbocycles. The van der Waals surface area contributed by atoms with Crippen LogP contribution in [0, 0.1) is 0 Å². The van der Waals surface area contributed by atoms with Gasteiger partial charge in [-0.2, -0.15) is 0 Å². The van der Waals surface area contributed by atoms with Gasteiger partial charge in [-0.3, -0.25) is 0 Å². The molecule has 0 amide bonds. The molecule has 0 spiro atoms. The lowest BCUT2D eigenvalue weighted by Gasteiger charge is -2.17. The van der Waals surface area contributed by atoms with E-state index in [1.165, 1.54) is 4.88 Å². The van der Waals surface area contributed by atoms with Crippen molar-refractivity contribution in [2.45, 2.75) is 19.4 Å². The van der Waals surface area contributed by atoms with Gasteiger partial charge in [0.1, 0.15) is 11.9 Å². The Kier molecular flexibility index (Phi) is 5.09. The molecule has 0 saturated heterocycles. The summed E-state index contributed by atoms with van der Waals surface area (Å²) >= 11 is 1.60. The van der Waals surface area contributed by atoms with Gasteiger partial charge in [0.05, 0.1) is 21.3 Å². The molecule has 1 heterocycles. The van der Waals surface area contributed by atoms with Crippen LogP contribution in [0.5, 0.6) is 17.2 Å². The van der Waals surface area contributed by atoms with Crippen LogP contribution in [-0.2, 0) is 6.42 Å². The van der Waals surface area contributed by atoms with Crippen molar-refractivity contribution in [3.05, 3.63) is 39.6 Å². The fraction of sp³-hybridized carbons (Fsp3) is 0.375. The van der Waals surface area contributed by atoms with Gasteiger partial charge in [0.25, 0.3) is 0 Å². The second kappa shape index (κ2) is 6.83. The van der Waals surface area contributed by atoms with E-state index >= 15 is 0 Å². The first-order valence-corrected chi connectivity index (χ1v) is 7.52. The third-order valence-corrected chi connectivity index (χ3v) is 4.61. The number of hydrogen-bond donors (Lipinski definition) is 1. The number of ether oxygens (including phenoxy) is 3. The molecule has 5 heteroatoms. The summed E-state index contributed by atoms with van der Waals surface area (Å²) in [5, 5.41) is 10.6. The molecule has 0 bridgehead atoms. The van der Waals surface area contributed by atoms with Gasteiger partial charge in [-0.25, -0.2) is 0 Å². The molecule has 1 unspecified atom stereocenters. The molecule has 0 radical (unpaired) electrons. The fourth-order valence-corrected chi connectivity index (χ4v) is 3.11. The van der Waals surface area contributed by atoms with E-state index in [0.29, 0.717) is 22.8 Å². The van der Waals surface area contributed by atoms with E-state index in [2.05, 4.69) is 6.92 Å². The van der Waals surface area contributed by atoms with E-state index in [1.54, 1.807) is 44.8 Å². The van der Waals surface area contributed by atoms with Crippen molar-refractivity contribution in [2.24, 2.45) is 0 Å². The van der Waals surface area contributed by atoms with Gasteiger partial charge in [-0.05, 0) is 24.6 Å². The molecule has 0 aliphatic carbocycles. The Balaban J connectivity index is 2.45. The Morgan fingerprint density at radius 2 is 1.62 bits per heavy atom. The van der Waals surface area contributed by atoms with Crippen LogP contribution in [-0.4, -0.2) is 26.4 Å². The molecule has 0 aliphatic heterocycles. The minimum absolute atomic E-state index is 0.569. The minimum atomic E-state index is -0.745. The smallest absolute Gasteiger partial charge is 0.164 e. The maximum atomic E-state index is 10.6. The summed E-state index contributed by atoms with van der Waals surface area (Å²) in [7, 11) is 4.71. The third kappa shape index (κ3) is 3.14. The third-order valence-electron chi connectivity index (χ3n) is 3.33. The first-order valence-electron chi connectivity index (χ1n) is 6.71. The van der Waals surface area contributed by atoms with Gasteiger partial charge >= 0.3 is 0 Å². The number of methoxy groups -OCH3 is 3. The van der Waals surface area contributed by atoms with Gasteiger partial charge < -0.3 is 19.3 Å². The molecule has 1 aromatic heterocycles. The normalized spacial score (nSPS) is 12.0. The van der Waals surface area contributed by atoms with Crippen LogP contribution in [0.2, 0.25) is 0 Å². The minimum Gasteiger partial charge on any atom is -0.496 e. The SMILES string of the molecule is CCc1ccc(C(O)c2cc(OC)c(OC)cc2OC)s1. The highest BCUT2D eigenvalue weighted by atomic mass is 32.1. The van der Waals surface area contributed by atoms with Crippen LogP contribution in [0.4, 0.5) is 0 Å². The number of hydrogen-bond acceptors (Lipinski definition) is 5. The molecule has 0 fully saturated rings. The lowest BCUT2D eigenvalue weighted by atomic mass is 10.1. The number of aryl methyl sites for hydroxylation is 1. The van der Waals surface area contributed by atoms with Gasteiger partial charge in [0.15, 0.2) is 11.5 Å². The van der Waals surface area contributed by atoms with Crippen molar-refractivity contribution in [3.8, 4) is 17.2 Å². The van der Waals surface area contributed by atoms with E-state index in [1.807, 2.05) is 12.1 Å². The van der Waals surface area contributed by atoms with E-state index in [9.17, 15) is 5.11 Å². The lowest BCUT2D eigenvalue weighted by Crippen LogP contribution is -2.02. The van der Waals surface area contributed by atoms with Crippen LogP contribution in [0.15, 0.2) is 24.3 Å². The van der Waals surface area contributed by atoms with Gasteiger partial charge in [-0.1, -0.05) is 6.92 Å². The van der Waals surface area contributed by atoms with Gasteiger partial charge in [0.2, 0.25) is 0 Å². The predicted octanol–water partition coefficient (Wildman–Crippen LogP) is 3.42. The number of rotatable bonds is 6. The predicted molar refractivity (Wildman–Crippen MR) is 83.9 cm³/mol. The number of benzene rings is 1. The standard InChI is InChI=1S/C16H20O4S/c1-5-10-6-7-15(21-10)16(17)11-8-13(19-3)14(20-4)9-12(11)18-2/h6-9,16-17H,5H2,1-4H3. The summed E-state index contributed by atoms with van der Waals surface area (Å²) < 4.78 is 15.9. The Morgan fingerprint density at radius 3 is 2.14 bits per heavy atom. The molecule has 21 heavy (non-hydrogen) atoms. The Bertz CT molecular complexity index is 606. The number of aliphatic hydroxyl groups excluding tert-OH is 1. The van der Waals surface area contributed by atoms with Crippen molar-refractivity contribution < 1.29 is 19.3 Å². The average molecular weight is 308 g/mol. The largest absolute Gasteiger partial charge is 0.496 e. The molecule has 2 aromatic rings. The second-order valence-electron chi connectivity index (χ2n) is 4.51. The van der Waals surface area contributed by atoms with Crippen molar-refractivity contribution in [1.82, 2.24) is 0 Å². The summed E-state index contributed by atoms with van der Waals surface area (Å²) in [6.07, 6.45) is 0.213. The second-order valence-corrected chi connectivity index (χ2v) is 5.71. The van der Waals surface area contributed by atoms with Crippen LogP contribution in [0.25, 0.3) is 0 Å². The molecule has 1 N–H and O–H groups in total. The first kappa shape index (κ1) is 15.7. The molecule has 0 saturated carbocycles. The molecular formula is C16H20O4S. The zero-order chi connectivity index (χ0) is 15.4. The monoisotopic (exact) mass is 308 g/mol. The topological polar surface area (TPSA) is 47.9 Å². The van der Waals surface area contributed by atoms with E-state index in [4.69, 9.17) is 14.2 Å². The molecule has 2 rings (SSSR count). The summed E-state index contributed by atoms with van der Waals surface area (Å²) in [6.45, 7) is 2.10. The highest BCUT2D eigenvalue weighted by Gasteiger charge is 2.20. The lowest BCUT2D eigenvalue weighted by molar-refractivity contribution is 0.217. The molecule has 1 atom stereocenters. The van der Waals surface area contributed by atoms with Crippen LogP contribution in [0.3, 0.4) is 0 Å². The fourth-order valence-electron chi connectivity index (χ4n) is 2.15. The number of aliphatic hydroxyl groups is 1. The zero-order valence-corrected chi connectivity index (χ0v) is 13.5. The highest BCUT2D eigenvalue weighted by molar-refractivity contribution is 7.12. The quantitative estimate of drug-likeness (QED) is 0.888. The summed E-state index contributed by atoms with van der Waals surface area (Å²) in [5.74, 6) is 1.72. The van der Waals surface area contributed by atoms with Crippen LogP contribution in [0.1, 0.15) is 28.3 Å². The van der Waals surface area contributed by atoms with Crippen molar-refractivity contribution in [1.29, 1.82) is 0 Å².